The Hall–Kier alpha value is -2.12. The van der Waals surface area contributed by atoms with E-state index in [4.69, 9.17) is 5.26 Å². The molecule has 0 spiro atoms. The fraction of sp³-hybridized carbons (Fsp3) is 0.375. The summed E-state index contributed by atoms with van der Waals surface area (Å²) in [5.74, 6) is 0. The lowest BCUT2D eigenvalue weighted by molar-refractivity contribution is 0.365. The van der Waals surface area contributed by atoms with Crippen molar-refractivity contribution in [2.24, 2.45) is 0 Å². The van der Waals surface area contributed by atoms with Gasteiger partial charge in [0.1, 0.15) is 0 Å². The van der Waals surface area contributed by atoms with Crippen molar-refractivity contribution in [3.05, 3.63) is 53.3 Å². The van der Waals surface area contributed by atoms with Crippen LogP contribution in [0, 0.1) is 18.3 Å². The molecule has 0 aliphatic rings. The summed E-state index contributed by atoms with van der Waals surface area (Å²) in [5, 5.41) is 16.9. The van der Waals surface area contributed by atoms with Gasteiger partial charge < -0.3 is 5.32 Å². The van der Waals surface area contributed by atoms with Crippen LogP contribution in [-0.4, -0.2) is 15.8 Å². The molecule has 0 amide bonds. The molecule has 4 nitrogen and oxygen atoms in total. The number of aryl methyl sites for hydroxylation is 1. The van der Waals surface area contributed by atoms with E-state index in [1.54, 1.807) is 0 Å². The molecule has 20 heavy (non-hydrogen) atoms. The van der Waals surface area contributed by atoms with E-state index in [1.165, 1.54) is 5.56 Å². The Bertz CT molecular complexity index is 609. The standard InChI is InChI=1S/C16H20N4/c1-12-9-19-20(11-12)14(3)13(2)18-10-16-7-5-4-6-15(16)8-17/h4-7,9,11,13-14,18H,10H2,1-3H3/t13-,14-/m1/s1. The molecule has 1 aromatic heterocycles. The van der Waals surface area contributed by atoms with Gasteiger partial charge in [-0.05, 0) is 38.0 Å². The van der Waals surface area contributed by atoms with Crippen LogP contribution in [0.3, 0.4) is 0 Å². The largest absolute Gasteiger partial charge is 0.308 e. The van der Waals surface area contributed by atoms with E-state index in [9.17, 15) is 0 Å². The number of nitriles is 1. The van der Waals surface area contributed by atoms with Crippen LogP contribution in [0.4, 0.5) is 0 Å². The van der Waals surface area contributed by atoms with Crippen molar-refractivity contribution in [2.75, 3.05) is 0 Å². The fourth-order valence-corrected chi connectivity index (χ4v) is 2.11. The first kappa shape index (κ1) is 14.3. The van der Waals surface area contributed by atoms with E-state index >= 15 is 0 Å². The van der Waals surface area contributed by atoms with E-state index in [-0.39, 0.29) is 12.1 Å². The highest BCUT2D eigenvalue weighted by molar-refractivity contribution is 5.37. The molecule has 2 atom stereocenters. The second-order valence-corrected chi connectivity index (χ2v) is 5.18. The van der Waals surface area contributed by atoms with Crippen LogP contribution < -0.4 is 5.32 Å². The number of rotatable bonds is 5. The van der Waals surface area contributed by atoms with Gasteiger partial charge in [-0.1, -0.05) is 18.2 Å². The third kappa shape index (κ3) is 3.25. The normalized spacial score (nSPS) is 13.7. The number of benzene rings is 1. The quantitative estimate of drug-likeness (QED) is 0.907. The van der Waals surface area contributed by atoms with Gasteiger partial charge in [-0.15, -0.1) is 0 Å². The van der Waals surface area contributed by atoms with Gasteiger partial charge in [0, 0.05) is 18.8 Å². The van der Waals surface area contributed by atoms with Crippen molar-refractivity contribution in [2.45, 2.75) is 39.4 Å². The Labute approximate surface area is 120 Å². The van der Waals surface area contributed by atoms with Crippen LogP contribution in [0.2, 0.25) is 0 Å². The zero-order chi connectivity index (χ0) is 14.5. The highest BCUT2D eigenvalue weighted by atomic mass is 15.3. The summed E-state index contributed by atoms with van der Waals surface area (Å²) < 4.78 is 1.98. The average molecular weight is 268 g/mol. The average Bonchev–Trinajstić information content (AvgIpc) is 2.90. The van der Waals surface area contributed by atoms with Crippen molar-refractivity contribution < 1.29 is 0 Å². The predicted octanol–water partition coefficient (Wildman–Crippen LogP) is 2.80. The molecule has 0 aliphatic heterocycles. The molecule has 0 radical (unpaired) electrons. The van der Waals surface area contributed by atoms with Gasteiger partial charge in [0.2, 0.25) is 0 Å². The van der Waals surface area contributed by atoms with Gasteiger partial charge in [0.15, 0.2) is 0 Å². The zero-order valence-electron chi connectivity index (χ0n) is 12.2. The molecule has 2 rings (SSSR count). The van der Waals surface area contributed by atoms with Crippen molar-refractivity contribution in [3.63, 3.8) is 0 Å². The lowest BCUT2D eigenvalue weighted by Crippen LogP contribution is -2.33. The van der Waals surface area contributed by atoms with Crippen LogP contribution >= 0.6 is 0 Å². The first-order chi connectivity index (χ1) is 9.61. The number of aromatic nitrogens is 2. The van der Waals surface area contributed by atoms with Crippen LogP contribution in [0.15, 0.2) is 36.7 Å². The number of nitrogens with one attached hydrogen (secondary N) is 1. The minimum absolute atomic E-state index is 0.262. The molecule has 0 bridgehead atoms. The van der Waals surface area contributed by atoms with E-state index < -0.39 is 0 Å². The summed E-state index contributed by atoms with van der Waals surface area (Å²) in [4.78, 5) is 0. The van der Waals surface area contributed by atoms with Gasteiger partial charge in [0.25, 0.3) is 0 Å². The summed E-state index contributed by atoms with van der Waals surface area (Å²) in [6, 6.07) is 10.4. The highest BCUT2D eigenvalue weighted by Gasteiger charge is 2.14. The first-order valence-corrected chi connectivity index (χ1v) is 6.84. The maximum absolute atomic E-state index is 9.08. The molecule has 0 fully saturated rings. The number of nitrogens with zero attached hydrogens (tertiary/aromatic N) is 3. The molecular formula is C16H20N4. The second kappa shape index (κ2) is 6.36. The Morgan fingerprint density at radius 2 is 2.10 bits per heavy atom. The van der Waals surface area contributed by atoms with Crippen LogP contribution in [0.25, 0.3) is 0 Å². The third-order valence-corrected chi connectivity index (χ3v) is 3.62. The number of hydrogen-bond donors (Lipinski definition) is 1. The second-order valence-electron chi connectivity index (χ2n) is 5.18. The van der Waals surface area contributed by atoms with Crippen molar-refractivity contribution in [1.82, 2.24) is 15.1 Å². The smallest absolute Gasteiger partial charge is 0.0995 e. The predicted molar refractivity (Wildman–Crippen MR) is 79.1 cm³/mol. The molecule has 0 unspecified atom stereocenters. The lowest BCUT2D eigenvalue weighted by atomic mass is 10.1. The van der Waals surface area contributed by atoms with Gasteiger partial charge in [0.05, 0.1) is 23.9 Å². The first-order valence-electron chi connectivity index (χ1n) is 6.84. The SMILES string of the molecule is Cc1cnn([C@H](C)[C@@H](C)NCc2ccccc2C#N)c1. The van der Waals surface area contributed by atoms with E-state index in [2.05, 4.69) is 30.3 Å². The molecule has 0 saturated carbocycles. The molecular weight excluding hydrogens is 248 g/mol. The molecule has 0 saturated heterocycles. The molecule has 4 heteroatoms. The number of hydrogen-bond acceptors (Lipinski definition) is 3. The van der Waals surface area contributed by atoms with Gasteiger partial charge in [-0.3, -0.25) is 4.68 Å². The minimum atomic E-state index is 0.262. The van der Waals surface area contributed by atoms with Gasteiger partial charge in [-0.2, -0.15) is 10.4 Å². The lowest BCUT2D eigenvalue weighted by Gasteiger charge is -2.22. The highest BCUT2D eigenvalue weighted by Crippen LogP contribution is 2.13. The maximum atomic E-state index is 9.08. The molecule has 1 N–H and O–H groups in total. The van der Waals surface area contributed by atoms with Crippen LogP contribution in [0.5, 0.6) is 0 Å². The molecule has 1 aromatic carbocycles. The van der Waals surface area contributed by atoms with E-state index in [0.717, 1.165) is 11.1 Å². The molecule has 2 aromatic rings. The van der Waals surface area contributed by atoms with E-state index in [0.29, 0.717) is 6.54 Å². The Balaban J connectivity index is 1.98. The summed E-state index contributed by atoms with van der Waals surface area (Å²) in [5.41, 5.74) is 2.93. The maximum Gasteiger partial charge on any atom is 0.0995 e. The van der Waals surface area contributed by atoms with Gasteiger partial charge >= 0.3 is 0 Å². The summed E-state index contributed by atoms with van der Waals surface area (Å²) in [7, 11) is 0. The zero-order valence-corrected chi connectivity index (χ0v) is 12.2. The third-order valence-electron chi connectivity index (χ3n) is 3.62. The summed E-state index contributed by atoms with van der Waals surface area (Å²) in [6.07, 6.45) is 3.92. The fourth-order valence-electron chi connectivity index (χ4n) is 2.11. The Kier molecular flexibility index (Phi) is 4.54. The van der Waals surface area contributed by atoms with Crippen molar-refractivity contribution in [1.29, 1.82) is 5.26 Å². The Morgan fingerprint density at radius 1 is 1.35 bits per heavy atom. The molecule has 1 heterocycles. The van der Waals surface area contributed by atoms with Crippen LogP contribution in [-0.2, 0) is 6.54 Å². The molecule has 104 valence electrons. The van der Waals surface area contributed by atoms with Crippen molar-refractivity contribution in [3.8, 4) is 6.07 Å². The van der Waals surface area contributed by atoms with Crippen molar-refractivity contribution >= 4 is 0 Å². The summed E-state index contributed by atoms with van der Waals surface area (Å²) in [6.45, 7) is 7.00. The molecule has 0 aliphatic carbocycles. The summed E-state index contributed by atoms with van der Waals surface area (Å²) >= 11 is 0. The van der Waals surface area contributed by atoms with E-state index in [1.807, 2.05) is 48.3 Å². The van der Waals surface area contributed by atoms with Crippen LogP contribution in [0.1, 0.15) is 36.6 Å². The monoisotopic (exact) mass is 268 g/mol. The minimum Gasteiger partial charge on any atom is -0.308 e. The Morgan fingerprint density at radius 3 is 2.75 bits per heavy atom. The topological polar surface area (TPSA) is 53.6 Å². The van der Waals surface area contributed by atoms with Gasteiger partial charge in [-0.25, -0.2) is 0 Å².